The van der Waals surface area contributed by atoms with Crippen LogP contribution in [0.3, 0.4) is 0 Å². The summed E-state index contributed by atoms with van der Waals surface area (Å²) in [6.45, 7) is 0.493. The first-order valence-corrected chi connectivity index (χ1v) is 9.48. The molecule has 8 heteroatoms. The molecule has 1 aromatic carbocycles. The second-order valence-corrected chi connectivity index (χ2v) is 6.84. The molecule has 1 aliphatic rings. The van der Waals surface area contributed by atoms with Crippen molar-refractivity contribution < 1.29 is 14.5 Å². The molecule has 148 valence electrons. The van der Waals surface area contributed by atoms with Gasteiger partial charge in [0.15, 0.2) is 11.6 Å². The van der Waals surface area contributed by atoms with Crippen molar-refractivity contribution in [2.24, 2.45) is 5.92 Å². The Bertz CT molecular complexity index is 821. The molecule has 0 unspecified atom stereocenters. The second kappa shape index (κ2) is 9.68. The molecule has 1 aliphatic carbocycles. The molecule has 8 nitrogen and oxygen atoms in total. The molecule has 0 bridgehead atoms. The topological polar surface area (TPSA) is 106 Å². The number of aromatic nitrogens is 1. The molecule has 2 aromatic rings. The third-order valence-corrected chi connectivity index (χ3v) is 4.77. The third-order valence-electron chi connectivity index (χ3n) is 4.77. The fourth-order valence-corrected chi connectivity index (χ4v) is 3.30. The van der Waals surface area contributed by atoms with E-state index in [-0.39, 0.29) is 23.8 Å². The highest BCUT2D eigenvalue weighted by Crippen LogP contribution is 2.27. The summed E-state index contributed by atoms with van der Waals surface area (Å²) in [6, 6.07) is 9.73. The number of nitro benzene ring substituents is 1. The standard InChI is InChI=1S/C20H24N4O4/c25-19(13-22-16-9-4-5-10-17(16)24(26)27)23-20-18(11-6-12-21-20)28-14-15-7-2-1-3-8-15/h4-6,9-12,15,22H,1-3,7-8,13-14H2,(H,21,23,25). The molecular formula is C20H24N4O4. The highest BCUT2D eigenvalue weighted by atomic mass is 16.6. The van der Waals surface area contributed by atoms with Gasteiger partial charge in [0.2, 0.25) is 5.91 Å². The normalized spacial score (nSPS) is 14.3. The molecule has 0 saturated heterocycles. The lowest BCUT2D eigenvalue weighted by molar-refractivity contribution is -0.383. The van der Waals surface area contributed by atoms with E-state index in [1.165, 1.54) is 38.2 Å². The summed E-state index contributed by atoms with van der Waals surface area (Å²) in [6.07, 6.45) is 7.68. The lowest BCUT2D eigenvalue weighted by Gasteiger charge is -2.22. The minimum absolute atomic E-state index is 0.0790. The van der Waals surface area contributed by atoms with Crippen molar-refractivity contribution in [3.63, 3.8) is 0 Å². The number of rotatable bonds is 8. The quantitative estimate of drug-likeness (QED) is 0.526. The monoisotopic (exact) mass is 384 g/mol. The molecule has 0 atom stereocenters. The first kappa shape index (κ1) is 19.6. The van der Waals surface area contributed by atoms with Gasteiger partial charge in [-0.1, -0.05) is 31.4 Å². The number of nitro groups is 1. The largest absolute Gasteiger partial charge is 0.489 e. The van der Waals surface area contributed by atoms with Crippen LogP contribution in [0.4, 0.5) is 17.2 Å². The lowest BCUT2D eigenvalue weighted by Crippen LogP contribution is -2.23. The van der Waals surface area contributed by atoms with Gasteiger partial charge in [-0.2, -0.15) is 0 Å². The Morgan fingerprint density at radius 2 is 1.96 bits per heavy atom. The van der Waals surface area contributed by atoms with Crippen molar-refractivity contribution in [1.82, 2.24) is 4.98 Å². The van der Waals surface area contributed by atoms with Gasteiger partial charge in [0.1, 0.15) is 5.69 Å². The predicted octanol–water partition coefficient (Wildman–Crippen LogP) is 4.00. The molecule has 1 saturated carbocycles. The number of para-hydroxylation sites is 2. The van der Waals surface area contributed by atoms with Gasteiger partial charge < -0.3 is 15.4 Å². The van der Waals surface area contributed by atoms with E-state index >= 15 is 0 Å². The minimum Gasteiger partial charge on any atom is -0.489 e. The van der Waals surface area contributed by atoms with E-state index in [0.29, 0.717) is 24.1 Å². The van der Waals surface area contributed by atoms with E-state index in [1.807, 2.05) is 0 Å². The predicted molar refractivity (Wildman–Crippen MR) is 107 cm³/mol. The Morgan fingerprint density at radius 1 is 1.18 bits per heavy atom. The summed E-state index contributed by atoms with van der Waals surface area (Å²) in [5.74, 6) is 1.07. The van der Waals surface area contributed by atoms with Crippen molar-refractivity contribution in [3.05, 3.63) is 52.7 Å². The number of carbonyl (C=O) groups is 1. The van der Waals surface area contributed by atoms with Gasteiger partial charge in [0.25, 0.3) is 5.69 Å². The Labute approximate surface area is 163 Å². The number of carbonyl (C=O) groups excluding carboxylic acids is 1. The van der Waals surface area contributed by atoms with Gasteiger partial charge in [-0.05, 0) is 37.0 Å². The zero-order valence-corrected chi connectivity index (χ0v) is 15.6. The van der Waals surface area contributed by atoms with Gasteiger partial charge in [0.05, 0.1) is 18.1 Å². The summed E-state index contributed by atoms with van der Waals surface area (Å²) < 4.78 is 5.90. The zero-order valence-electron chi connectivity index (χ0n) is 15.6. The van der Waals surface area contributed by atoms with Crippen LogP contribution in [-0.4, -0.2) is 29.0 Å². The van der Waals surface area contributed by atoms with Crippen molar-refractivity contribution >= 4 is 23.1 Å². The van der Waals surface area contributed by atoms with Crippen molar-refractivity contribution in [1.29, 1.82) is 0 Å². The van der Waals surface area contributed by atoms with Gasteiger partial charge in [-0.15, -0.1) is 0 Å². The maximum absolute atomic E-state index is 12.3. The van der Waals surface area contributed by atoms with Crippen molar-refractivity contribution in [2.45, 2.75) is 32.1 Å². The molecule has 0 spiro atoms. The van der Waals surface area contributed by atoms with Crippen molar-refractivity contribution in [3.8, 4) is 5.75 Å². The third kappa shape index (κ3) is 5.42. The molecule has 2 N–H and O–H groups in total. The number of benzene rings is 1. The van der Waals surface area contributed by atoms with Gasteiger partial charge in [-0.25, -0.2) is 4.98 Å². The van der Waals surface area contributed by atoms with Crippen LogP contribution in [0.2, 0.25) is 0 Å². The highest BCUT2D eigenvalue weighted by Gasteiger charge is 2.17. The second-order valence-electron chi connectivity index (χ2n) is 6.84. The van der Waals surface area contributed by atoms with Crippen LogP contribution in [0.1, 0.15) is 32.1 Å². The maximum Gasteiger partial charge on any atom is 0.292 e. The SMILES string of the molecule is O=C(CNc1ccccc1[N+](=O)[O-])Nc1ncccc1OCC1CCCCC1. The molecule has 3 rings (SSSR count). The maximum atomic E-state index is 12.3. The van der Waals surface area contributed by atoms with E-state index in [0.717, 1.165) is 0 Å². The number of hydrogen-bond acceptors (Lipinski definition) is 6. The van der Waals surface area contributed by atoms with E-state index < -0.39 is 4.92 Å². The summed E-state index contributed by atoms with van der Waals surface area (Å²) >= 11 is 0. The Balaban J connectivity index is 1.56. The first-order chi connectivity index (χ1) is 13.6. The number of pyridine rings is 1. The Morgan fingerprint density at radius 3 is 2.75 bits per heavy atom. The number of amides is 1. The van der Waals surface area contributed by atoms with Crippen LogP contribution >= 0.6 is 0 Å². The molecule has 1 amide bonds. The van der Waals surface area contributed by atoms with Crippen LogP contribution in [0, 0.1) is 16.0 Å². The van der Waals surface area contributed by atoms with Gasteiger partial charge in [-0.3, -0.25) is 14.9 Å². The Hall–Kier alpha value is -3.16. The molecule has 1 aromatic heterocycles. The smallest absolute Gasteiger partial charge is 0.292 e. The number of ether oxygens (including phenoxy) is 1. The fourth-order valence-electron chi connectivity index (χ4n) is 3.30. The van der Waals surface area contributed by atoms with E-state index in [9.17, 15) is 14.9 Å². The first-order valence-electron chi connectivity index (χ1n) is 9.48. The van der Waals surface area contributed by atoms with E-state index in [1.54, 1.807) is 36.5 Å². The molecule has 1 heterocycles. The lowest BCUT2D eigenvalue weighted by atomic mass is 9.90. The Kier molecular flexibility index (Phi) is 6.78. The molecule has 0 aliphatic heterocycles. The summed E-state index contributed by atoms with van der Waals surface area (Å²) in [5.41, 5.74) is 0.210. The summed E-state index contributed by atoms with van der Waals surface area (Å²) in [4.78, 5) is 27.0. The number of anilines is 2. The summed E-state index contributed by atoms with van der Waals surface area (Å²) in [7, 11) is 0. The van der Waals surface area contributed by atoms with E-state index in [4.69, 9.17) is 4.74 Å². The van der Waals surface area contributed by atoms with Crippen LogP contribution < -0.4 is 15.4 Å². The zero-order chi connectivity index (χ0) is 19.8. The number of hydrogen-bond donors (Lipinski definition) is 2. The number of nitrogens with zero attached hydrogens (tertiary/aromatic N) is 2. The molecule has 0 radical (unpaired) electrons. The fraction of sp³-hybridized carbons (Fsp3) is 0.400. The summed E-state index contributed by atoms with van der Waals surface area (Å²) in [5, 5.41) is 16.5. The molecular weight excluding hydrogens is 360 g/mol. The average Bonchev–Trinajstić information content (AvgIpc) is 2.72. The van der Waals surface area contributed by atoms with Crippen LogP contribution in [0.5, 0.6) is 5.75 Å². The van der Waals surface area contributed by atoms with Gasteiger partial charge >= 0.3 is 0 Å². The van der Waals surface area contributed by atoms with Crippen LogP contribution in [0.25, 0.3) is 0 Å². The average molecular weight is 384 g/mol. The van der Waals surface area contributed by atoms with Crippen molar-refractivity contribution in [2.75, 3.05) is 23.8 Å². The molecule has 1 fully saturated rings. The van der Waals surface area contributed by atoms with Gasteiger partial charge in [0, 0.05) is 12.3 Å². The number of nitrogens with one attached hydrogen (secondary N) is 2. The highest BCUT2D eigenvalue weighted by molar-refractivity contribution is 5.94. The van der Waals surface area contributed by atoms with Crippen LogP contribution in [0.15, 0.2) is 42.6 Å². The molecule has 28 heavy (non-hydrogen) atoms. The van der Waals surface area contributed by atoms with E-state index in [2.05, 4.69) is 15.6 Å². The minimum atomic E-state index is -0.490. The van der Waals surface area contributed by atoms with Crippen LogP contribution in [-0.2, 0) is 4.79 Å².